The summed E-state index contributed by atoms with van der Waals surface area (Å²) < 4.78 is 4.79. The fraction of sp³-hybridized carbons (Fsp3) is 0.571. The van der Waals surface area contributed by atoms with Crippen LogP contribution in [0.15, 0.2) is 4.52 Å². The fourth-order valence-electron chi connectivity index (χ4n) is 0.946. The van der Waals surface area contributed by atoms with E-state index in [4.69, 9.17) is 16.1 Å². The van der Waals surface area contributed by atoms with Gasteiger partial charge in [0.15, 0.2) is 5.82 Å². The third kappa shape index (κ3) is 1.98. The summed E-state index contributed by atoms with van der Waals surface area (Å²) in [6.07, 6.45) is 2.20. The number of nitrogens with zero attached hydrogens (tertiary/aromatic N) is 2. The van der Waals surface area contributed by atoms with E-state index >= 15 is 0 Å². The Hall–Kier alpha value is -1.10. The molecule has 1 N–H and O–H groups in total. The number of rotatable bonds is 3. The van der Waals surface area contributed by atoms with Gasteiger partial charge in [-0.3, -0.25) is 10.1 Å². The zero-order valence-corrected chi connectivity index (χ0v) is 7.54. The van der Waals surface area contributed by atoms with Gasteiger partial charge in [0.05, 0.1) is 0 Å². The molecule has 0 aromatic carbocycles. The van der Waals surface area contributed by atoms with Gasteiger partial charge >= 0.3 is 6.01 Å². The first kappa shape index (κ1) is 8.50. The van der Waals surface area contributed by atoms with Gasteiger partial charge in [0, 0.05) is 5.92 Å². The molecule has 0 atom stereocenters. The molecule has 0 unspecified atom stereocenters. The SMILES string of the molecule is O=C(CCl)Nc1nc(C2CC2)no1. The van der Waals surface area contributed by atoms with Gasteiger partial charge in [-0.25, -0.2) is 0 Å². The van der Waals surface area contributed by atoms with Crippen molar-refractivity contribution < 1.29 is 9.32 Å². The normalized spacial score (nSPS) is 15.8. The lowest BCUT2D eigenvalue weighted by atomic mass is 10.4. The summed E-state index contributed by atoms with van der Waals surface area (Å²) in [5, 5.41) is 6.11. The van der Waals surface area contributed by atoms with Crippen LogP contribution in [-0.2, 0) is 4.79 Å². The van der Waals surface area contributed by atoms with E-state index in [9.17, 15) is 4.79 Å². The number of hydrogen-bond acceptors (Lipinski definition) is 4. The van der Waals surface area contributed by atoms with Gasteiger partial charge in [-0.1, -0.05) is 5.16 Å². The monoisotopic (exact) mass is 201 g/mol. The molecule has 0 saturated heterocycles. The number of nitrogens with one attached hydrogen (secondary N) is 1. The van der Waals surface area contributed by atoms with Gasteiger partial charge in [-0.2, -0.15) is 4.98 Å². The van der Waals surface area contributed by atoms with Crippen LogP contribution in [0.25, 0.3) is 0 Å². The lowest BCUT2D eigenvalue weighted by molar-refractivity contribution is -0.114. The highest BCUT2D eigenvalue weighted by Crippen LogP contribution is 2.38. The van der Waals surface area contributed by atoms with Gasteiger partial charge in [-0.15, -0.1) is 11.6 Å². The number of halogens is 1. The second-order valence-corrected chi connectivity index (χ2v) is 3.18. The Labute approximate surface area is 79.4 Å². The molecule has 0 aliphatic heterocycles. The van der Waals surface area contributed by atoms with Crippen molar-refractivity contribution in [3.05, 3.63) is 5.82 Å². The largest absolute Gasteiger partial charge is 0.328 e. The molecule has 1 amide bonds. The van der Waals surface area contributed by atoms with Gasteiger partial charge in [0.2, 0.25) is 5.91 Å². The Kier molecular flexibility index (Phi) is 2.18. The number of alkyl halides is 1. The molecule has 6 heteroatoms. The molecule has 1 aliphatic carbocycles. The molecule has 70 valence electrons. The molecule has 5 nitrogen and oxygen atoms in total. The molecule has 1 aromatic heterocycles. The molecule has 0 bridgehead atoms. The topological polar surface area (TPSA) is 68.0 Å². The average Bonchev–Trinajstić information content (AvgIpc) is 2.88. The smallest absolute Gasteiger partial charge is 0.315 e. The molecule has 1 fully saturated rings. The first-order chi connectivity index (χ1) is 6.29. The second kappa shape index (κ2) is 3.33. The van der Waals surface area contributed by atoms with Crippen molar-refractivity contribution in [3.8, 4) is 0 Å². The number of hydrogen-bond donors (Lipinski definition) is 1. The number of amides is 1. The first-order valence-corrected chi connectivity index (χ1v) is 4.52. The lowest BCUT2D eigenvalue weighted by Gasteiger charge is -1.91. The maximum absolute atomic E-state index is 10.8. The van der Waals surface area contributed by atoms with E-state index in [1.165, 1.54) is 0 Å². The Bertz CT molecular complexity index is 321. The summed E-state index contributed by atoms with van der Waals surface area (Å²) in [6, 6.07) is 0.132. The molecule has 1 heterocycles. The molecular formula is C7H8ClN3O2. The summed E-state index contributed by atoms with van der Waals surface area (Å²) in [4.78, 5) is 14.8. The van der Waals surface area contributed by atoms with Gasteiger partial charge < -0.3 is 4.52 Å². The van der Waals surface area contributed by atoms with Gasteiger partial charge in [-0.05, 0) is 12.8 Å². The predicted octanol–water partition coefficient (Wildman–Crippen LogP) is 1.12. The standard InChI is InChI=1S/C7H8ClN3O2/c8-3-5(12)9-7-10-6(11-13-7)4-1-2-4/h4H,1-3H2,(H,9,10,11,12). The van der Waals surface area contributed by atoms with E-state index in [2.05, 4.69) is 15.5 Å². The molecule has 1 aliphatic rings. The van der Waals surface area contributed by atoms with Gasteiger partial charge in [0.1, 0.15) is 5.88 Å². The van der Waals surface area contributed by atoms with Crippen LogP contribution in [0.2, 0.25) is 0 Å². The van der Waals surface area contributed by atoms with Crippen LogP contribution in [-0.4, -0.2) is 21.9 Å². The van der Waals surface area contributed by atoms with E-state index in [1.807, 2.05) is 0 Å². The third-order valence-corrected chi connectivity index (χ3v) is 1.99. The maximum Gasteiger partial charge on any atom is 0.328 e. The zero-order chi connectivity index (χ0) is 9.26. The fourth-order valence-corrected chi connectivity index (χ4v) is 1.01. The molecule has 0 radical (unpaired) electrons. The van der Waals surface area contributed by atoms with Crippen LogP contribution < -0.4 is 5.32 Å². The minimum atomic E-state index is -0.340. The van der Waals surface area contributed by atoms with E-state index < -0.39 is 0 Å². The van der Waals surface area contributed by atoms with Crippen LogP contribution in [0.4, 0.5) is 6.01 Å². The highest BCUT2D eigenvalue weighted by atomic mass is 35.5. The lowest BCUT2D eigenvalue weighted by Crippen LogP contribution is -2.12. The van der Waals surface area contributed by atoms with Crippen LogP contribution in [0.3, 0.4) is 0 Å². The Morgan fingerprint density at radius 2 is 2.46 bits per heavy atom. The Balaban J connectivity index is 2.00. The van der Waals surface area contributed by atoms with E-state index in [1.54, 1.807) is 0 Å². The van der Waals surface area contributed by atoms with Crippen molar-refractivity contribution >= 4 is 23.5 Å². The number of carbonyl (C=O) groups excluding carboxylic acids is 1. The van der Waals surface area contributed by atoms with Crippen molar-refractivity contribution in [1.29, 1.82) is 0 Å². The second-order valence-electron chi connectivity index (χ2n) is 2.91. The van der Waals surface area contributed by atoms with Crippen LogP contribution >= 0.6 is 11.6 Å². The van der Waals surface area contributed by atoms with Crippen molar-refractivity contribution in [2.45, 2.75) is 18.8 Å². The molecule has 1 aromatic rings. The molecule has 1 saturated carbocycles. The molecule has 13 heavy (non-hydrogen) atoms. The van der Waals surface area contributed by atoms with Crippen molar-refractivity contribution in [2.75, 3.05) is 11.2 Å². The van der Waals surface area contributed by atoms with Crippen molar-refractivity contribution in [1.82, 2.24) is 10.1 Å². The summed E-state index contributed by atoms with van der Waals surface area (Å²) in [7, 11) is 0. The highest BCUT2D eigenvalue weighted by molar-refractivity contribution is 6.28. The van der Waals surface area contributed by atoms with Gasteiger partial charge in [0.25, 0.3) is 0 Å². The average molecular weight is 202 g/mol. The number of carbonyl (C=O) groups is 1. The quantitative estimate of drug-likeness (QED) is 0.745. The predicted molar refractivity (Wildman–Crippen MR) is 45.6 cm³/mol. The minimum Gasteiger partial charge on any atom is -0.315 e. The summed E-state index contributed by atoms with van der Waals surface area (Å²) in [5.41, 5.74) is 0. The van der Waals surface area contributed by atoms with E-state index in [0.29, 0.717) is 11.7 Å². The highest BCUT2D eigenvalue weighted by Gasteiger charge is 2.28. The van der Waals surface area contributed by atoms with Crippen LogP contribution in [0.5, 0.6) is 0 Å². The zero-order valence-electron chi connectivity index (χ0n) is 6.79. The molecule has 2 rings (SSSR count). The maximum atomic E-state index is 10.8. The van der Waals surface area contributed by atoms with E-state index in [-0.39, 0.29) is 17.8 Å². The molecule has 0 spiro atoms. The summed E-state index contributed by atoms with van der Waals surface area (Å²) >= 11 is 5.28. The van der Waals surface area contributed by atoms with E-state index in [0.717, 1.165) is 12.8 Å². The van der Waals surface area contributed by atoms with Crippen molar-refractivity contribution in [3.63, 3.8) is 0 Å². The van der Waals surface area contributed by atoms with Crippen molar-refractivity contribution in [2.24, 2.45) is 0 Å². The minimum absolute atomic E-state index is 0.110. The number of anilines is 1. The Morgan fingerprint density at radius 1 is 1.69 bits per heavy atom. The van der Waals surface area contributed by atoms with Crippen LogP contribution in [0.1, 0.15) is 24.6 Å². The summed E-state index contributed by atoms with van der Waals surface area (Å²) in [6.45, 7) is 0. The summed E-state index contributed by atoms with van der Waals surface area (Å²) in [5.74, 6) is 0.643. The number of aromatic nitrogens is 2. The van der Waals surface area contributed by atoms with Crippen LogP contribution in [0, 0.1) is 0 Å². The first-order valence-electron chi connectivity index (χ1n) is 3.99. The molecular weight excluding hydrogens is 194 g/mol. The Morgan fingerprint density at radius 3 is 3.08 bits per heavy atom. The third-order valence-electron chi connectivity index (χ3n) is 1.75.